The van der Waals surface area contributed by atoms with Crippen LogP contribution in [0.4, 0.5) is 0 Å². The molecule has 0 saturated heterocycles. The minimum Gasteiger partial charge on any atom is -0.598 e. The van der Waals surface area contributed by atoms with Gasteiger partial charge in [-0.1, -0.05) is 19.6 Å². The van der Waals surface area contributed by atoms with E-state index in [0.717, 1.165) is 0 Å². The fraction of sp³-hybridized carbons (Fsp3) is 1.00. The largest absolute Gasteiger partial charge is 0.598 e. The first kappa shape index (κ1) is 14.5. The van der Waals surface area contributed by atoms with E-state index in [1.807, 2.05) is 20.8 Å². The van der Waals surface area contributed by atoms with Crippen molar-refractivity contribution in [1.82, 2.24) is 4.72 Å². The zero-order valence-corrected chi connectivity index (χ0v) is 12.4. The van der Waals surface area contributed by atoms with Crippen LogP contribution in [0.1, 0.15) is 27.7 Å². The van der Waals surface area contributed by atoms with Gasteiger partial charge in [0.1, 0.15) is 4.75 Å². The lowest BCUT2D eigenvalue weighted by molar-refractivity contribution is 0.533. The highest BCUT2D eigenvalue weighted by atomic mass is 32.2. The van der Waals surface area contributed by atoms with Crippen molar-refractivity contribution in [2.45, 2.75) is 64.2 Å². The molecule has 0 bridgehead atoms. The summed E-state index contributed by atoms with van der Waals surface area (Å²) in [6, 6.07) is 1.54. The van der Waals surface area contributed by atoms with Gasteiger partial charge >= 0.3 is 0 Å². The van der Waals surface area contributed by atoms with Gasteiger partial charge in [0, 0.05) is 25.5 Å². The molecule has 0 aliphatic rings. The van der Waals surface area contributed by atoms with Crippen LogP contribution in [-0.2, 0) is 11.4 Å². The van der Waals surface area contributed by atoms with Crippen molar-refractivity contribution >= 4 is 19.4 Å². The van der Waals surface area contributed by atoms with E-state index in [4.69, 9.17) is 0 Å². The fourth-order valence-electron chi connectivity index (χ4n) is 1.32. The minimum atomic E-state index is -1.04. The molecule has 0 radical (unpaired) electrons. The van der Waals surface area contributed by atoms with Crippen LogP contribution in [0.2, 0.25) is 25.7 Å². The van der Waals surface area contributed by atoms with Gasteiger partial charge < -0.3 is 4.55 Å². The number of rotatable bonds is 4. The maximum atomic E-state index is 11.8. The van der Waals surface area contributed by atoms with Crippen LogP contribution in [0.25, 0.3) is 0 Å². The first-order valence-corrected chi connectivity index (χ1v) is 10.1. The molecule has 2 atom stereocenters. The Morgan fingerprint density at radius 1 is 1.29 bits per heavy atom. The van der Waals surface area contributed by atoms with Gasteiger partial charge in [0.15, 0.2) is 0 Å². The van der Waals surface area contributed by atoms with Crippen LogP contribution in [-0.4, -0.2) is 23.4 Å². The smallest absolute Gasteiger partial charge is 0.136 e. The molecule has 0 fully saturated rings. The maximum Gasteiger partial charge on any atom is 0.136 e. The molecule has 0 aliphatic heterocycles. The molecule has 1 unspecified atom stereocenters. The summed E-state index contributed by atoms with van der Waals surface area (Å²) in [6.07, 6.45) is 0. The highest BCUT2D eigenvalue weighted by Crippen LogP contribution is 2.17. The molecule has 0 rings (SSSR count). The third-order valence-corrected chi connectivity index (χ3v) is 5.35. The predicted octanol–water partition coefficient (Wildman–Crippen LogP) is 2.76. The molecule has 0 spiro atoms. The van der Waals surface area contributed by atoms with E-state index in [-0.39, 0.29) is 4.75 Å². The second kappa shape index (κ2) is 5.01. The lowest BCUT2D eigenvalue weighted by Crippen LogP contribution is -2.45. The van der Waals surface area contributed by atoms with Crippen LogP contribution >= 0.6 is 0 Å². The molecule has 0 aromatic heterocycles. The van der Waals surface area contributed by atoms with Crippen LogP contribution in [0, 0.1) is 0 Å². The lowest BCUT2D eigenvalue weighted by Gasteiger charge is -2.28. The Labute approximate surface area is 93.2 Å². The SMILES string of the molecule is CC(C[Si](C)(C)C)N[S@@+]([O-])C(C)(C)C. The molecular weight excluding hydrogens is 210 g/mol. The molecule has 4 heteroatoms. The Bertz CT molecular complexity index is 174. The maximum absolute atomic E-state index is 11.8. The second-order valence-electron chi connectivity index (χ2n) is 6.16. The summed E-state index contributed by atoms with van der Waals surface area (Å²) < 4.78 is 14.8. The summed E-state index contributed by atoms with van der Waals surface area (Å²) in [6.45, 7) is 15.1. The Hall–Kier alpha value is 0.487. The van der Waals surface area contributed by atoms with Gasteiger partial charge in [-0.2, -0.15) is 0 Å². The van der Waals surface area contributed by atoms with Crippen molar-refractivity contribution in [2.75, 3.05) is 0 Å². The van der Waals surface area contributed by atoms with E-state index in [1.54, 1.807) is 0 Å². The van der Waals surface area contributed by atoms with E-state index < -0.39 is 19.4 Å². The van der Waals surface area contributed by atoms with Crippen molar-refractivity contribution < 1.29 is 4.55 Å². The minimum absolute atomic E-state index is 0.159. The fourth-order valence-corrected chi connectivity index (χ4v) is 4.21. The van der Waals surface area contributed by atoms with Gasteiger partial charge in [-0.3, -0.25) is 0 Å². The third-order valence-electron chi connectivity index (χ3n) is 1.78. The summed E-state index contributed by atoms with van der Waals surface area (Å²) in [7, 11) is -1.04. The average molecular weight is 235 g/mol. The van der Waals surface area contributed by atoms with Crippen molar-refractivity contribution in [1.29, 1.82) is 0 Å². The molecule has 0 heterocycles. The molecular formula is C10H25NOSSi. The number of nitrogens with one attached hydrogen (secondary N) is 1. The predicted molar refractivity (Wildman–Crippen MR) is 68.6 cm³/mol. The summed E-state index contributed by atoms with van der Waals surface area (Å²) in [5.41, 5.74) is 0. The van der Waals surface area contributed by atoms with Crippen molar-refractivity contribution in [2.24, 2.45) is 0 Å². The van der Waals surface area contributed by atoms with E-state index in [0.29, 0.717) is 6.04 Å². The molecule has 0 aliphatic carbocycles. The van der Waals surface area contributed by atoms with Crippen molar-refractivity contribution in [3.63, 3.8) is 0 Å². The number of hydrogen-bond donors (Lipinski definition) is 1. The second-order valence-corrected chi connectivity index (χ2v) is 13.7. The Morgan fingerprint density at radius 2 is 1.71 bits per heavy atom. The zero-order chi connectivity index (χ0) is 11.6. The van der Waals surface area contributed by atoms with Crippen LogP contribution in [0.3, 0.4) is 0 Å². The molecule has 0 aromatic rings. The first-order valence-electron chi connectivity index (χ1n) is 5.20. The third kappa shape index (κ3) is 6.87. The molecule has 0 saturated carbocycles. The topological polar surface area (TPSA) is 35.1 Å². The Morgan fingerprint density at radius 3 is 2.00 bits per heavy atom. The highest BCUT2D eigenvalue weighted by Gasteiger charge is 2.29. The van der Waals surface area contributed by atoms with E-state index >= 15 is 0 Å². The van der Waals surface area contributed by atoms with Crippen LogP contribution in [0.5, 0.6) is 0 Å². The Kier molecular flexibility index (Phi) is 5.18. The van der Waals surface area contributed by atoms with Gasteiger partial charge in [0.25, 0.3) is 0 Å². The molecule has 14 heavy (non-hydrogen) atoms. The van der Waals surface area contributed by atoms with Crippen molar-refractivity contribution in [3.8, 4) is 0 Å². The summed E-state index contributed by atoms with van der Waals surface area (Å²) in [5.74, 6) is 0. The quantitative estimate of drug-likeness (QED) is 0.601. The summed E-state index contributed by atoms with van der Waals surface area (Å²) in [4.78, 5) is 0. The Balaban J connectivity index is 4.01. The highest BCUT2D eigenvalue weighted by molar-refractivity contribution is 7.90. The van der Waals surface area contributed by atoms with Gasteiger partial charge in [0.2, 0.25) is 0 Å². The molecule has 0 amide bonds. The van der Waals surface area contributed by atoms with E-state index in [9.17, 15) is 4.55 Å². The van der Waals surface area contributed by atoms with Gasteiger partial charge in [0.05, 0.1) is 0 Å². The lowest BCUT2D eigenvalue weighted by atomic mass is 10.3. The van der Waals surface area contributed by atoms with E-state index in [1.165, 1.54) is 6.04 Å². The van der Waals surface area contributed by atoms with Crippen LogP contribution < -0.4 is 4.72 Å². The van der Waals surface area contributed by atoms with E-state index in [2.05, 4.69) is 31.3 Å². The van der Waals surface area contributed by atoms with Crippen LogP contribution in [0.15, 0.2) is 0 Å². The zero-order valence-electron chi connectivity index (χ0n) is 10.6. The summed E-state index contributed by atoms with van der Waals surface area (Å²) in [5, 5.41) is 0. The van der Waals surface area contributed by atoms with Crippen molar-refractivity contribution in [3.05, 3.63) is 0 Å². The summed E-state index contributed by atoms with van der Waals surface area (Å²) >= 11 is -0.930. The average Bonchev–Trinajstić information content (AvgIpc) is 1.79. The standard InChI is InChI=1S/C10H25NOSSi/c1-9(8-14(5,6)7)11-13(12)10(2,3)4/h9,11H,8H2,1-7H3/t9?,13-/m0/s1. The first-order chi connectivity index (χ1) is 6.02. The monoisotopic (exact) mass is 235 g/mol. The molecule has 2 nitrogen and oxygen atoms in total. The van der Waals surface area contributed by atoms with Gasteiger partial charge in [-0.25, -0.2) is 0 Å². The van der Waals surface area contributed by atoms with Gasteiger partial charge in [-0.15, -0.1) is 4.72 Å². The molecule has 0 aromatic carbocycles. The van der Waals surface area contributed by atoms with Gasteiger partial charge in [-0.05, 0) is 33.7 Å². The normalized spacial score (nSPS) is 18.0. The molecule has 86 valence electrons. The number of hydrogen-bond acceptors (Lipinski definition) is 2. The molecule has 1 N–H and O–H groups in total.